The van der Waals surface area contributed by atoms with Crippen LogP contribution in [0.25, 0.3) is 15.7 Å². The Morgan fingerprint density at radius 2 is 1.75 bits per heavy atom. The van der Waals surface area contributed by atoms with Crippen LogP contribution >= 0.6 is 0 Å². The fraction of sp³-hybridized carbons (Fsp3) is 0.393. The van der Waals surface area contributed by atoms with E-state index in [1.165, 1.54) is 12.1 Å². The number of nitrogens with zero attached hydrogens (tertiary/aromatic N) is 4. The summed E-state index contributed by atoms with van der Waals surface area (Å²) < 4.78 is 14.4. The summed E-state index contributed by atoms with van der Waals surface area (Å²) >= 11 is 0. The third-order valence-corrected chi connectivity index (χ3v) is 7.74. The molecule has 2 fully saturated rings. The number of carbonyl (C=O) groups is 1. The number of amides is 1. The summed E-state index contributed by atoms with van der Waals surface area (Å²) in [6.07, 6.45) is 3.29. The Labute approximate surface area is 209 Å². The molecule has 7 nitrogen and oxygen atoms in total. The molecule has 0 spiro atoms. The molecule has 1 amide bonds. The maximum Gasteiger partial charge on any atom is 0.260 e. The van der Waals surface area contributed by atoms with Gasteiger partial charge in [-0.25, -0.2) is 11.0 Å². The summed E-state index contributed by atoms with van der Waals surface area (Å²) in [5, 5.41) is 20.4. The molecule has 36 heavy (non-hydrogen) atoms. The summed E-state index contributed by atoms with van der Waals surface area (Å²) in [4.78, 5) is 25.9. The lowest BCUT2D eigenvalue weighted by atomic mass is 9.81. The number of pyridine rings is 1. The lowest BCUT2D eigenvalue weighted by Gasteiger charge is -2.39. The topological polar surface area (TPSA) is 81.3 Å². The van der Waals surface area contributed by atoms with Crippen LogP contribution in [-0.4, -0.2) is 64.4 Å². The van der Waals surface area contributed by atoms with Crippen LogP contribution < -0.4 is 4.90 Å². The molecule has 2 aromatic carbocycles. The van der Waals surface area contributed by atoms with Gasteiger partial charge < -0.3 is 24.9 Å². The first-order valence-corrected chi connectivity index (χ1v) is 12.3. The number of aliphatic hydroxyl groups is 2. The highest BCUT2D eigenvalue weighted by molar-refractivity contribution is 6.07. The zero-order valence-corrected chi connectivity index (χ0v) is 20.0. The highest BCUT2D eigenvalue weighted by atomic mass is 19.1. The number of benzene rings is 2. The van der Waals surface area contributed by atoms with Crippen molar-refractivity contribution < 1.29 is 19.4 Å². The Balaban J connectivity index is 1.49. The standard InChI is InChI=1S/C28H29FN4O3/c1-30-28(20-5-3-2-4-6-20)11-15-32(16-12-28)25-22-17-21(29)7-8-24(22)31-18-23(25)26(35)33-13-9-27(36,19-34)10-14-33/h2-8,17-18,34,36H,9-16,19H2. The lowest BCUT2D eigenvalue weighted by molar-refractivity contribution is -0.0546. The van der Waals surface area contributed by atoms with Crippen LogP contribution in [0.2, 0.25) is 0 Å². The minimum absolute atomic E-state index is 0.228. The van der Waals surface area contributed by atoms with E-state index in [4.69, 9.17) is 6.57 Å². The number of rotatable bonds is 4. The van der Waals surface area contributed by atoms with Gasteiger partial charge in [0.1, 0.15) is 5.82 Å². The maximum absolute atomic E-state index is 14.4. The van der Waals surface area contributed by atoms with Gasteiger partial charge in [-0.2, -0.15) is 0 Å². The predicted molar refractivity (Wildman–Crippen MR) is 135 cm³/mol. The van der Waals surface area contributed by atoms with E-state index in [2.05, 4.69) is 14.7 Å². The first-order valence-electron chi connectivity index (χ1n) is 12.3. The monoisotopic (exact) mass is 488 g/mol. The first-order chi connectivity index (χ1) is 17.4. The minimum atomic E-state index is -1.17. The van der Waals surface area contributed by atoms with Gasteiger partial charge in [0.2, 0.25) is 0 Å². The molecule has 5 rings (SSSR count). The Bertz CT molecular complexity index is 1310. The number of carbonyl (C=O) groups excluding carboxylic acids is 1. The molecule has 186 valence electrons. The van der Waals surface area contributed by atoms with E-state index in [0.717, 1.165) is 5.56 Å². The highest BCUT2D eigenvalue weighted by Gasteiger charge is 2.43. The number of likely N-dealkylation sites (tertiary alicyclic amines) is 1. The smallest absolute Gasteiger partial charge is 0.260 e. The second-order valence-electron chi connectivity index (χ2n) is 9.85. The molecule has 2 saturated heterocycles. The van der Waals surface area contributed by atoms with E-state index in [1.54, 1.807) is 17.2 Å². The van der Waals surface area contributed by atoms with Crippen molar-refractivity contribution in [2.75, 3.05) is 37.7 Å². The molecule has 2 aliphatic rings. The Morgan fingerprint density at radius 1 is 1.06 bits per heavy atom. The fourth-order valence-corrected chi connectivity index (χ4v) is 5.42. The molecule has 0 aliphatic carbocycles. The lowest BCUT2D eigenvalue weighted by Crippen LogP contribution is -2.49. The normalized spacial score (nSPS) is 19.2. The largest absolute Gasteiger partial charge is 0.393 e. The van der Waals surface area contributed by atoms with Crippen LogP contribution in [0, 0.1) is 12.4 Å². The molecule has 3 aromatic rings. The summed E-state index contributed by atoms with van der Waals surface area (Å²) in [6, 6.07) is 14.2. The van der Waals surface area contributed by atoms with Gasteiger partial charge in [-0.05, 0) is 31.0 Å². The van der Waals surface area contributed by atoms with E-state index in [0.29, 0.717) is 61.2 Å². The molecule has 3 heterocycles. The van der Waals surface area contributed by atoms with Gasteiger partial charge >= 0.3 is 0 Å². The van der Waals surface area contributed by atoms with Crippen LogP contribution in [0.3, 0.4) is 0 Å². The molecule has 1 aromatic heterocycles. The molecule has 0 radical (unpaired) electrons. The van der Waals surface area contributed by atoms with Gasteiger partial charge in [-0.3, -0.25) is 9.78 Å². The van der Waals surface area contributed by atoms with Gasteiger partial charge in [0, 0.05) is 56.2 Å². The molecule has 0 saturated carbocycles. The van der Waals surface area contributed by atoms with Crippen molar-refractivity contribution in [1.82, 2.24) is 9.88 Å². The van der Waals surface area contributed by atoms with Crippen molar-refractivity contribution >= 4 is 22.5 Å². The predicted octanol–water partition coefficient (Wildman–Crippen LogP) is 3.75. The number of hydrogen-bond donors (Lipinski definition) is 2. The first kappa shape index (κ1) is 24.2. The van der Waals surface area contributed by atoms with Crippen molar-refractivity contribution in [2.45, 2.75) is 36.8 Å². The SMILES string of the molecule is [C-]#[N+]C1(c2ccccc2)CCN(c2c(C(=O)N3CCC(O)(CO)CC3)cnc3ccc(F)cc23)CC1. The summed E-state index contributed by atoms with van der Waals surface area (Å²) in [5.41, 5.74) is 0.819. The number of halogens is 1. The number of hydrogen-bond acceptors (Lipinski definition) is 5. The van der Waals surface area contributed by atoms with E-state index in [9.17, 15) is 19.4 Å². The van der Waals surface area contributed by atoms with Crippen LogP contribution in [0.5, 0.6) is 0 Å². The fourth-order valence-electron chi connectivity index (χ4n) is 5.42. The second kappa shape index (κ2) is 9.49. The average molecular weight is 489 g/mol. The van der Waals surface area contributed by atoms with Crippen LogP contribution in [0.1, 0.15) is 41.6 Å². The molecule has 2 aliphatic heterocycles. The average Bonchev–Trinajstić information content (AvgIpc) is 2.93. The zero-order valence-electron chi connectivity index (χ0n) is 20.0. The van der Waals surface area contributed by atoms with E-state index < -0.39 is 17.0 Å². The minimum Gasteiger partial charge on any atom is -0.393 e. The third kappa shape index (κ3) is 4.29. The molecule has 0 atom stereocenters. The van der Waals surface area contributed by atoms with Gasteiger partial charge in [0.15, 0.2) is 0 Å². The number of piperidine rings is 2. The Kier molecular flexibility index (Phi) is 6.37. The highest BCUT2D eigenvalue weighted by Crippen LogP contribution is 2.41. The number of fused-ring (bicyclic) bond motifs is 1. The van der Waals surface area contributed by atoms with Crippen molar-refractivity contribution in [3.63, 3.8) is 0 Å². The second-order valence-corrected chi connectivity index (χ2v) is 9.85. The van der Waals surface area contributed by atoms with Crippen molar-refractivity contribution in [1.29, 1.82) is 0 Å². The molecule has 2 N–H and O–H groups in total. The molecular formula is C28H29FN4O3. The van der Waals surface area contributed by atoms with E-state index in [1.807, 2.05) is 30.3 Å². The van der Waals surface area contributed by atoms with Crippen LogP contribution in [-0.2, 0) is 5.54 Å². The summed E-state index contributed by atoms with van der Waals surface area (Å²) in [5.74, 6) is -0.633. The number of anilines is 1. The van der Waals surface area contributed by atoms with Gasteiger partial charge in [0.25, 0.3) is 11.4 Å². The zero-order chi connectivity index (χ0) is 25.3. The summed E-state index contributed by atoms with van der Waals surface area (Å²) in [6.45, 7) is 9.31. The van der Waals surface area contributed by atoms with Crippen LogP contribution in [0.15, 0.2) is 54.7 Å². The maximum atomic E-state index is 14.4. The molecule has 8 heteroatoms. The Morgan fingerprint density at radius 3 is 2.39 bits per heavy atom. The summed E-state index contributed by atoms with van der Waals surface area (Å²) in [7, 11) is 0. The van der Waals surface area contributed by atoms with Crippen molar-refractivity contribution in [3.8, 4) is 0 Å². The quantitative estimate of drug-likeness (QED) is 0.547. The van der Waals surface area contributed by atoms with Gasteiger partial charge in [0.05, 0.1) is 29.0 Å². The van der Waals surface area contributed by atoms with Crippen molar-refractivity contribution in [2.24, 2.45) is 0 Å². The van der Waals surface area contributed by atoms with Gasteiger partial charge in [-0.1, -0.05) is 30.3 Å². The van der Waals surface area contributed by atoms with Crippen molar-refractivity contribution in [3.05, 3.63) is 83.1 Å². The Hall–Kier alpha value is -3.54. The van der Waals surface area contributed by atoms with Crippen LogP contribution in [0.4, 0.5) is 10.1 Å². The third-order valence-electron chi connectivity index (χ3n) is 7.74. The molecule has 0 bridgehead atoms. The van der Waals surface area contributed by atoms with E-state index >= 15 is 0 Å². The van der Waals surface area contributed by atoms with E-state index in [-0.39, 0.29) is 25.4 Å². The number of aromatic nitrogens is 1. The van der Waals surface area contributed by atoms with Gasteiger partial charge in [-0.15, -0.1) is 0 Å². The molecule has 0 unspecified atom stereocenters. The number of aliphatic hydroxyl groups excluding tert-OH is 1. The molecular weight excluding hydrogens is 459 g/mol.